The van der Waals surface area contributed by atoms with Gasteiger partial charge in [0.05, 0.1) is 6.21 Å². The quantitative estimate of drug-likeness (QED) is 0.194. The molecular formula is C22H15IN2O. The van der Waals surface area contributed by atoms with E-state index in [-0.39, 0.29) is 5.91 Å². The fourth-order valence-corrected chi connectivity index (χ4v) is 3.37. The smallest absolute Gasteiger partial charge is 0.267 e. The SMILES string of the molecule is O=C(N/N=C\c1c2ccccc2cc2ccccc12)c1ccc(I)cc1. The molecule has 1 amide bonds. The Morgan fingerprint density at radius 2 is 1.42 bits per heavy atom. The highest BCUT2D eigenvalue weighted by Gasteiger charge is 2.06. The maximum atomic E-state index is 12.2. The Morgan fingerprint density at radius 3 is 2.04 bits per heavy atom. The Balaban J connectivity index is 1.70. The number of fused-ring (bicyclic) bond motifs is 2. The molecule has 0 saturated heterocycles. The minimum atomic E-state index is -0.220. The van der Waals surface area contributed by atoms with E-state index in [9.17, 15) is 4.79 Å². The largest absolute Gasteiger partial charge is 0.271 e. The van der Waals surface area contributed by atoms with Crippen molar-refractivity contribution in [1.82, 2.24) is 5.43 Å². The van der Waals surface area contributed by atoms with Crippen LogP contribution in [0.25, 0.3) is 21.5 Å². The van der Waals surface area contributed by atoms with Crippen LogP contribution in [-0.4, -0.2) is 12.1 Å². The van der Waals surface area contributed by atoms with E-state index in [1.807, 2.05) is 36.4 Å². The van der Waals surface area contributed by atoms with E-state index in [0.717, 1.165) is 30.7 Å². The van der Waals surface area contributed by atoms with Gasteiger partial charge in [0.2, 0.25) is 0 Å². The number of hydrogen-bond donors (Lipinski definition) is 1. The number of benzene rings is 4. The molecule has 0 fully saturated rings. The topological polar surface area (TPSA) is 41.5 Å². The molecule has 1 N–H and O–H groups in total. The van der Waals surface area contributed by atoms with Gasteiger partial charge in [-0.3, -0.25) is 4.79 Å². The molecule has 0 spiro atoms. The normalized spacial score (nSPS) is 11.3. The Bertz CT molecular complexity index is 1080. The lowest BCUT2D eigenvalue weighted by atomic mass is 9.97. The van der Waals surface area contributed by atoms with Crippen molar-refractivity contribution in [2.75, 3.05) is 0 Å². The van der Waals surface area contributed by atoms with Crippen LogP contribution in [-0.2, 0) is 0 Å². The molecule has 4 heteroatoms. The monoisotopic (exact) mass is 450 g/mol. The molecule has 0 saturated carbocycles. The van der Waals surface area contributed by atoms with E-state index >= 15 is 0 Å². The molecule has 4 aromatic carbocycles. The van der Waals surface area contributed by atoms with E-state index in [1.165, 1.54) is 0 Å². The third-order valence-electron chi connectivity index (χ3n) is 4.28. The molecule has 26 heavy (non-hydrogen) atoms. The Labute approximate surface area is 164 Å². The number of rotatable bonds is 3. The maximum Gasteiger partial charge on any atom is 0.271 e. The Hall–Kier alpha value is -2.73. The number of nitrogens with one attached hydrogen (secondary N) is 1. The van der Waals surface area contributed by atoms with Crippen LogP contribution in [0.5, 0.6) is 0 Å². The van der Waals surface area contributed by atoms with Gasteiger partial charge in [0.1, 0.15) is 0 Å². The predicted octanol–water partition coefficient (Wildman–Crippen LogP) is 5.36. The summed E-state index contributed by atoms with van der Waals surface area (Å²) in [5.41, 5.74) is 4.21. The molecule has 126 valence electrons. The predicted molar refractivity (Wildman–Crippen MR) is 116 cm³/mol. The molecule has 0 aliphatic heterocycles. The van der Waals surface area contributed by atoms with Crippen LogP contribution in [0.2, 0.25) is 0 Å². The molecule has 4 rings (SSSR count). The summed E-state index contributed by atoms with van der Waals surface area (Å²) in [5.74, 6) is -0.220. The van der Waals surface area contributed by atoms with E-state index in [1.54, 1.807) is 18.3 Å². The molecule has 0 aromatic heterocycles. The highest BCUT2D eigenvalue weighted by molar-refractivity contribution is 14.1. The molecule has 0 unspecified atom stereocenters. The summed E-state index contributed by atoms with van der Waals surface area (Å²) in [7, 11) is 0. The fourth-order valence-electron chi connectivity index (χ4n) is 3.01. The van der Waals surface area contributed by atoms with Crippen LogP contribution in [0.4, 0.5) is 0 Å². The second-order valence-corrected chi connectivity index (χ2v) is 7.18. The van der Waals surface area contributed by atoms with Crippen LogP contribution in [0, 0.1) is 3.57 Å². The number of hydrazone groups is 1. The Morgan fingerprint density at radius 1 is 0.846 bits per heavy atom. The maximum absolute atomic E-state index is 12.2. The summed E-state index contributed by atoms with van der Waals surface area (Å²) in [6.45, 7) is 0. The second kappa shape index (κ2) is 7.25. The number of hydrogen-bond acceptors (Lipinski definition) is 2. The first-order valence-corrected chi connectivity index (χ1v) is 9.30. The highest BCUT2D eigenvalue weighted by atomic mass is 127. The lowest BCUT2D eigenvalue weighted by molar-refractivity contribution is 0.0955. The zero-order valence-corrected chi connectivity index (χ0v) is 16.0. The van der Waals surface area contributed by atoms with Gasteiger partial charge in [-0.2, -0.15) is 5.10 Å². The molecule has 0 atom stereocenters. The van der Waals surface area contributed by atoms with Crippen molar-refractivity contribution in [3.05, 3.63) is 93.6 Å². The van der Waals surface area contributed by atoms with Gasteiger partial charge in [0.15, 0.2) is 0 Å². The standard InChI is InChI=1S/C22H15IN2O/c23-18-11-9-15(10-12-18)22(26)25-24-14-21-19-7-3-1-5-16(19)13-17-6-2-4-8-20(17)21/h1-14H,(H,25,26)/b24-14-. The zero-order chi connectivity index (χ0) is 17.9. The summed E-state index contributed by atoms with van der Waals surface area (Å²) >= 11 is 2.21. The van der Waals surface area contributed by atoms with Crippen molar-refractivity contribution in [3.63, 3.8) is 0 Å². The molecule has 0 heterocycles. The molecule has 3 nitrogen and oxygen atoms in total. The van der Waals surface area contributed by atoms with Crippen LogP contribution < -0.4 is 5.43 Å². The van der Waals surface area contributed by atoms with E-state index in [0.29, 0.717) is 5.56 Å². The molecule has 0 aliphatic rings. The van der Waals surface area contributed by atoms with Crippen molar-refractivity contribution >= 4 is 56.3 Å². The lowest BCUT2D eigenvalue weighted by Crippen LogP contribution is -2.17. The number of amides is 1. The highest BCUT2D eigenvalue weighted by Crippen LogP contribution is 2.27. The fraction of sp³-hybridized carbons (Fsp3) is 0. The zero-order valence-electron chi connectivity index (χ0n) is 13.8. The average Bonchev–Trinajstić information content (AvgIpc) is 2.68. The first kappa shape index (κ1) is 16.7. The lowest BCUT2D eigenvalue weighted by Gasteiger charge is -2.08. The van der Waals surface area contributed by atoms with Crippen molar-refractivity contribution in [2.45, 2.75) is 0 Å². The first-order chi connectivity index (χ1) is 12.7. The van der Waals surface area contributed by atoms with Crippen LogP contribution in [0.3, 0.4) is 0 Å². The van der Waals surface area contributed by atoms with Gasteiger partial charge >= 0.3 is 0 Å². The summed E-state index contributed by atoms with van der Waals surface area (Å²) in [6.07, 6.45) is 1.73. The minimum Gasteiger partial charge on any atom is -0.267 e. The molecule has 0 radical (unpaired) electrons. The second-order valence-electron chi connectivity index (χ2n) is 5.94. The van der Waals surface area contributed by atoms with Gasteiger partial charge in [-0.15, -0.1) is 0 Å². The van der Waals surface area contributed by atoms with Gasteiger partial charge < -0.3 is 0 Å². The van der Waals surface area contributed by atoms with Gasteiger partial charge in [0, 0.05) is 14.7 Å². The van der Waals surface area contributed by atoms with Crippen molar-refractivity contribution < 1.29 is 4.79 Å². The van der Waals surface area contributed by atoms with E-state index < -0.39 is 0 Å². The summed E-state index contributed by atoms with van der Waals surface area (Å²) in [4.78, 5) is 12.2. The number of halogens is 1. The van der Waals surface area contributed by atoms with Crippen molar-refractivity contribution in [3.8, 4) is 0 Å². The molecular weight excluding hydrogens is 435 g/mol. The van der Waals surface area contributed by atoms with Gasteiger partial charge in [-0.05, 0) is 74.5 Å². The third-order valence-corrected chi connectivity index (χ3v) is 5.00. The van der Waals surface area contributed by atoms with E-state index in [4.69, 9.17) is 0 Å². The Kier molecular flexibility index (Phi) is 4.67. The number of nitrogens with zero attached hydrogens (tertiary/aromatic N) is 1. The summed E-state index contributed by atoms with van der Waals surface area (Å²) < 4.78 is 1.09. The molecule has 0 bridgehead atoms. The first-order valence-electron chi connectivity index (χ1n) is 8.22. The van der Waals surface area contributed by atoms with Gasteiger partial charge in [-0.1, -0.05) is 48.5 Å². The average molecular weight is 450 g/mol. The number of carbonyl (C=O) groups is 1. The van der Waals surface area contributed by atoms with Crippen LogP contribution in [0.15, 0.2) is 84.0 Å². The van der Waals surface area contributed by atoms with Crippen molar-refractivity contribution in [2.24, 2.45) is 5.10 Å². The third kappa shape index (κ3) is 3.32. The molecule has 4 aromatic rings. The van der Waals surface area contributed by atoms with Crippen LogP contribution >= 0.6 is 22.6 Å². The van der Waals surface area contributed by atoms with E-state index in [2.05, 4.69) is 63.4 Å². The minimum absolute atomic E-state index is 0.220. The summed E-state index contributed by atoms with van der Waals surface area (Å²) in [5, 5.41) is 8.73. The summed E-state index contributed by atoms with van der Waals surface area (Å²) in [6, 6.07) is 26.0. The molecule has 0 aliphatic carbocycles. The number of carbonyl (C=O) groups excluding carboxylic acids is 1. The van der Waals surface area contributed by atoms with Crippen molar-refractivity contribution in [1.29, 1.82) is 0 Å². The van der Waals surface area contributed by atoms with Gasteiger partial charge in [-0.25, -0.2) is 5.43 Å². The van der Waals surface area contributed by atoms with Gasteiger partial charge in [0.25, 0.3) is 5.91 Å². The van der Waals surface area contributed by atoms with Crippen LogP contribution in [0.1, 0.15) is 15.9 Å².